The van der Waals surface area contributed by atoms with Crippen molar-refractivity contribution in [1.29, 1.82) is 0 Å². The van der Waals surface area contributed by atoms with E-state index in [4.69, 9.17) is 10.2 Å². The molecule has 0 saturated carbocycles. The fourth-order valence-electron chi connectivity index (χ4n) is 1.97. The van der Waals surface area contributed by atoms with Gasteiger partial charge >= 0.3 is 0 Å². The van der Waals surface area contributed by atoms with Crippen LogP contribution in [0.5, 0.6) is 0 Å². The second-order valence-corrected chi connectivity index (χ2v) is 4.59. The Bertz CT molecular complexity index is 459. The average Bonchev–Trinajstić information content (AvgIpc) is 2.43. The SMILES string of the molecule is CCCN(CCO)Cc1ccc(F)c(C#CCCO)c1. The van der Waals surface area contributed by atoms with Crippen molar-refractivity contribution >= 4 is 0 Å². The molecule has 1 rings (SSSR count). The Labute approximate surface area is 120 Å². The van der Waals surface area contributed by atoms with Crippen molar-refractivity contribution < 1.29 is 14.6 Å². The predicted molar refractivity (Wildman–Crippen MR) is 77.6 cm³/mol. The Morgan fingerprint density at radius 3 is 2.65 bits per heavy atom. The van der Waals surface area contributed by atoms with E-state index in [1.807, 2.05) is 0 Å². The summed E-state index contributed by atoms with van der Waals surface area (Å²) in [6, 6.07) is 4.90. The fraction of sp³-hybridized carbons (Fsp3) is 0.500. The molecule has 0 heterocycles. The summed E-state index contributed by atoms with van der Waals surface area (Å²) >= 11 is 0. The average molecular weight is 279 g/mol. The molecule has 4 heteroatoms. The molecule has 0 saturated heterocycles. The van der Waals surface area contributed by atoms with Crippen LogP contribution in [-0.4, -0.2) is 41.4 Å². The highest BCUT2D eigenvalue weighted by Gasteiger charge is 2.06. The third-order valence-electron chi connectivity index (χ3n) is 2.85. The van der Waals surface area contributed by atoms with E-state index in [2.05, 4.69) is 23.7 Å². The molecule has 0 atom stereocenters. The van der Waals surface area contributed by atoms with Crippen LogP contribution < -0.4 is 0 Å². The molecule has 110 valence electrons. The van der Waals surface area contributed by atoms with Gasteiger partial charge in [0.2, 0.25) is 0 Å². The highest BCUT2D eigenvalue weighted by atomic mass is 19.1. The highest BCUT2D eigenvalue weighted by Crippen LogP contribution is 2.12. The van der Waals surface area contributed by atoms with Crippen LogP contribution in [0.3, 0.4) is 0 Å². The molecule has 0 spiro atoms. The summed E-state index contributed by atoms with van der Waals surface area (Å²) in [7, 11) is 0. The topological polar surface area (TPSA) is 43.7 Å². The third-order valence-corrected chi connectivity index (χ3v) is 2.85. The van der Waals surface area contributed by atoms with Gasteiger partial charge < -0.3 is 10.2 Å². The van der Waals surface area contributed by atoms with Gasteiger partial charge in [-0.15, -0.1) is 0 Å². The Hall–Kier alpha value is -1.41. The van der Waals surface area contributed by atoms with Crippen molar-refractivity contribution in [2.45, 2.75) is 26.3 Å². The van der Waals surface area contributed by atoms with Crippen LogP contribution >= 0.6 is 0 Å². The second-order valence-electron chi connectivity index (χ2n) is 4.59. The molecule has 0 fully saturated rings. The van der Waals surface area contributed by atoms with Crippen LogP contribution in [0.2, 0.25) is 0 Å². The summed E-state index contributed by atoms with van der Waals surface area (Å²) in [5.74, 6) is 5.12. The van der Waals surface area contributed by atoms with Gasteiger partial charge in [0.25, 0.3) is 0 Å². The number of rotatable bonds is 7. The van der Waals surface area contributed by atoms with Crippen molar-refractivity contribution in [1.82, 2.24) is 4.90 Å². The summed E-state index contributed by atoms with van der Waals surface area (Å²) in [6.45, 7) is 4.35. The molecule has 0 amide bonds. The molecule has 0 bridgehead atoms. The molecule has 0 aliphatic heterocycles. The lowest BCUT2D eigenvalue weighted by molar-refractivity contribution is 0.190. The lowest BCUT2D eigenvalue weighted by atomic mass is 10.1. The van der Waals surface area contributed by atoms with E-state index in [1.54, 1.807) is 12.1 Å². The molecule has 0 radical (unpaired) electrons. The monoisotopic (exact) mass is 279 g/mol. The van der Waals surface area contributed by atoms with E-state index in [0.717, 1.165) is 18.5 Å². The summed E-state index contributed by atoms with van der Waals surface area (Å²) in [4.78, 5) is 2.12. The highest BCUT2D eigenvalue weighted by molar-refractivity contribution is 5.38. The smallest absolute Gasteiger partial charge is 0.138 e. The fourth-order valence-corrected chi connectivity index (χ4v) is 1.97. The maximum absolute atomic E-state index is 13.6. The predicted octanol–water partition coefficient (Wildman–Crippen LogP) is 1.76. The zero-order valence-electron chi connectivity index (χ0n) is 11.9. The molecule has 0 aliphatic rings. The van der Waals surface area contributed by atoms with Gasteiger partial charge in [0.05, 0.1) is 18.8 Å². The van der Waals surface area contributed by atoms with Gasteiger partial charge in [0.15, 0.2) is 0 Å². The molecule has 3 nitrogen and oxygen atoms in total. The summed E-state index contributed by atoms with van der Waals surface area (Å²) in [5.41, 5.74) is 1.33. The van der Waals surface area contributed by atoms with Crippen molar-refractivity contribution in [3.63, 3.8) is 0 Å². The summed E-state index contributed by atoms with van der Waals surface area (Å²) in [5, 5.41) is 17.7. The quantitative estimate of drug-likeness (QED) is 0.748. The van der Waals surface area contributed by atoms with Crippen LogP contribution in [-0.2, 0) is 6.54 Å². The van der Waals surface area contributed by atoms with Crippen molar-refractivity contribution in [2.24, 2.45) is 0 Å². The van der Waals surface area contributed by atoms with E-state index >= 15 is 0 Å². The number of benzene rings is 1. The van der Waals surface area contributed by atoms with Gasteiger partial charge in [-0.25, -0.2) is 4.39 Å². The maximum Gasteiger partial charge on any atom is 0.138 e. The first-order valence-corrected chi connectivity index (χ1v) is 6.92. The van der Waals surface area contributed by atoms with Gasteiger partial charge in [-0.05, 0) is 30.7 Å². The van der Waals surface area contributed by atoms with Crippen LogP contribution in [0.4, 0.5) is 4.39 Å². The van der Waals surface area contributed by atoms with Crippen LogP contribution in [0.15, 0.2) is 18.2 Å². The Morgan fingerprint density at radius 1 is 1.20 bits per heavy atom. The molecule has 0 aliphatic carbocycles. The number of hydrogen-bond donors (Lipinski definition) is 2. The number of aliphatic hydroxyl groups is 2. The lowest BCUT2D eigenvalue weighted by Gasteiger charge is -2.20. The van der Waals surface area contributed by atoms with E-state index < -0.39 is 0 Å². The minimum Gasteiger partial charge on any atom is -0.395 e. The summed E-state index contributed by atoms with van der Waals surface area (Å²) in [6.07, 6.45) is 1.35. The third kappa shape index (κ3) is 5.70. The Kier molecular flexibility index (Phi) is 7.89. The van der Waals surface area contributed by atoms with Gasteiger partial charge in [0.1, 0.15) is 5.82 Å². The summed E-state index contributed by atoms with van der Waals surface area (Å²) < 4.78 is 13.6. The molecule has 20 heavy (non-hydrogen) atoms. The molecule has 0 aromatic heterocycles. The van der Waals surface area contributed by atoms with Gasteiger partial charge in [-0.1, -0.05) is 24.8 Å². The lowest BCUT2D eigenvalue weighted by Crippen LogP contribution is -2.27. The van der Waals surface area contributed by atoms with Gasteiger partial charge in [0, 0.05) is 19.5 Å². The Balaban J connectivity index is 2.80. The number of nitrogens with zero attached hydrogens (tertiary/aromatic N) is 1. The zero-order chi connectivity index (χ0) is 14.8. The van der Waals surface area contributed by atoms with E-state index in [0.29, 0.717) is 25.1 Å². The number of halogens is 1. The first-order valence-electron chi connectivity index (χ1n) is 6.92. The standard InChI is InChI=1S/C16H22FNO2/c1-2-8-18(9-11-20)13-14-6-7-16(17)15(12-14)5-3-4-10-19/h6-7,12,19-20H,2,4,8-11,13H2,1H3. The van der Waals surface area contributed by atoms with E-state index in [1.165, 1.54) is 6.07 Å². The minimum atomic E-state index is -0.344. The maximum atomic E-state index is 13.6. The molecular weight excluding hydrogens is 257 g/mol. The van der Waals surface area contributed by atoms with Gasteiger partial charge in [-0.3, -0.25) is 4.90 Å². The molecular formula is C16H22FNO2. The number of aliphatic hydroxyl groups excluding tert-OH is 2. The zero-order valence-corrected chi connectivity index (χ0v) is 11.9. The largest absolute Gasteiger partial charge is 0.395 e. The Morgan fingerprint density at radius 2 is 2.00 bits per heavy atom. The van der Waals surface area contributed by atoms with Crippen molar-refractivity contribution in [3.8, 4) is 11.8 Å². The minimum absolute atomic E-state index is 0.0188. The van der Waals surface area contributed by atoms with Gasteiger partial charge in [-0.2, -0.15) is 0 Å². The normalized spacial score (nSPS) is 10.4. The number of hydrogen-bond acceptors (Lipinski definition) is 3. The molecule has 1 aromatic rings. The molecule has 2 N–H and O–H groups in total. The van der Waals surface area contributed by atoms with Crippen LogP contribution in [0, 0.1) is 17.7 Å². The molecule has 1 aromatic carbocycles. The molecule has 0 unspecified atom stereocenters. The van der Waals surface area contributed by atoms with Crippen molar-refractivity contribution in [2.75, 3.05) is 26.3 Å². The van der Waals surface area contributed by atoms with Crippen molar-refractivity contribution in [3.05, 3.63) is 35.1 Å². The van der Waals surface area contributed by atoms with E-state index in [9.17, 15) is 4.39 Å². The van der Waals surface area contributed by atoms with Crippen LogP contribution in [0.25, 0.3) is 0 Å². The first-order chi connectivity index (χ1) is 9.71. The first kappa shape index (κ1) is 16.6. The second kappa shape index (κ2) is 9.49. The van der Waals surface area contributed by atoms with Crippen LogP contribution in [0.1, 0.15) is 30.9 Å². The van der Waals surface area contributed by atoms with E-state index in [-0.39, 0.29) is 19.0 Å².